The van der Waals surface area contributed by atoms with E-state index >= 15 is 0 Å². The molecule has 0 atom stereocenters. The highest BCUT2D eigenvalue weighted by molar-refractivity contribution is 5.97. The van der Waals surface area contributed by atoms with Crippen LogP contribution in [0.3, 0.4) is 0 Å². The Morgan fingerprint density at radius 1 is 0.594 bits per heavy atom. The summed E-state index contributed by atoms with van der Waals surface area (Å²) in [6.45, 7) is 7.28. The fourth-order valence-electron chi connectivity index (χ4n) is 3.37. The molecule has 0 aliphatic rings. The lowest BCUT2D eigenvalue weighted by Crippen LogP contribution is -2.11. The average molecular weight is 455 g/mol. The summed E-state index contributed by atoms with van der Waals surface area (Å²) in [4.78, 5) is 11.9. The molecule has 0 aliphatic heterocycles. The van der Waals surface area contributed by atoms with Crippen LogP contribution < -0.4 is 14.2 Å². The van der Waals surface area contributed by atoms with Crippen LogP contribution in [0.1, 0.15) is 108 Å². The quantitative estimate of drug-likeness (QED) is 0.158. The second kappa shape index (κ2) is 16.3. The van der Waals surface area contributed by atoms with Gasteiger partial charge in [-0.25, -0.2) is 4.79 Å². The normalized spacial score (nSPS) is 10.8. The third kappa shape index (κ3) is 9.05. The minimum atomic E-state index is -1.40. The number of phenols is 2. The molecule has 0 heterocycles. The molecule has 7 nitrogen and oxygen atoms in total. The number of aromatic hydroxyl groups is 2. The third-order valence-corrected chi connectivity index (χ3v) is 5.26. The predicted molar refractivity (Wildman–Crippen MR) is 126 cm³/mol. The van der Waals surface area contributed by atoms with Crippen LogP contribution >= 0.6 is 0 Å². The van der Waals surface area contributed by atoms with E-state index in [9.17, 15) is 20.1 Å². The standard InChI is InChI=1S/C25H42O7/c1-4-7-10-13-16-30-22-19(25(28)29)20(26)21(27)23(31-17-14-11-8-5-2)24(22)32-18-15-12-9-6-3/h26-27H,4-18H2,1-3H3,(H,28,29). The molecule has 1 aromatic carbocycles. The van der Waals surface area contributed by atoms with Crippen molar-refractivity contribution in [2.24, 2.45) is 0 Å². The second-order valence-electron chi connectivity index (χ2n) is 8.09. The van der Waals surface area contributed by atoms with Crippen LogP contribution in [0.5, 0.6) is 28.7 Å². The molecule has 0 fully saturated rings. The van der Waals surface area contributed by atoms with Crippen LogP contribution in [0.2, 0.25) is 0 Å². The van der Waals surface area contributed by atoms with Gasteiger partial charge in [-0.3, -0.25) is 0 Å². The van der Waals surface area contributed by atoms with E-state index in [4.69, 9.17) is 14.2 Å². The van der Waals surface area contributed by atoms with Crippen molar-refractivity contribution in [1.29, 1.82) is 0 Å². The van der Waals surface area contributed by atoms with Crippen molar-refractivity contribution < 1.29 is 34.3 Å². The first-order valence-electron chi connectivity index (χ1n) is 12.2. The Balaban J connectivity index is 3.19. The Morgan fingerprint density at radius 3 is 1.41 bits per heavy atom. The second-order valence-corrected chi connectivity index (χ2v) is 8.09. The summed E-state index contributed by atoms with van der Waals surface area (Å²) in [6, 6.07) is 0. The minimum Gasteiger partial charge on any atom is -0.503 e. The molecule has 1 aromatic rings. The number of carbonyl (C=O) groups is 1. The fourth-order valence-corrected chi connectivity index (χ4v) is 3.37. The van der Waals surface area contributed by atoms with Crippen molar-refractivity contribution >= 4 is 5.97 Å². The number of unbranched alkanes of at least 4 members (excludes halogenated alkanes) is 9. The summed E-state index contributed by atoms with van der Waals surface area (Å²) in [5.41, 5.74) is -0.500. The lowest BCUT2D eigenvalue weighted by molar-refractivity contribution is 0.0686. The van der Waals surface area contributed by atoms with Gasteiger partial charge in [0.25, 0.3) is 0 Å². The van der Waals surface area contributed by atoms with E-state index in [1.807, 2.05) is 0 Å². The van der Waals surface area contributed by atoms with Crippen LogP contribution in [0, 0.1) is 0 Å². The number of hydrogen-bond acceptors (Lipinski definition) is 6. The number of ether oxygens (including phenoxy) is 3. The van der Waals surface area contributed by atoms with Gasteiger partial charge in [-0.15, -0.1) is 0 Å². The largest absolute Gasteiger partial charge is 0.503 e. The fraction of sp³-hybridized carbons (Fsp3) is 0.720. The summed E-state index contributed by atoms with van der Waals surface area (Å²) < 4.78 is 17.5. The van der Waals surface area contributed by atoms with Gasteiger partial charge in [0.1, 0.15) is 0 Å². The van der Waals surface area contributed by atoms with E-state index in [0.29, 0.717) is 13.2 Å². The molecule has 0 unspecified atom stereocenters. The topological polar surface area (TPSA) is 105 Å². The lowest BCUT2D eigenvalue weighted by atomic mass is 10.1. The van der Waals surface area contributed by atoms with Gasteiger partial charge in [-0.05, 0) is 19.3 Å². The molecule has 184 valence electrons. The first-order chi connectivity index (χ1) is 15.5. The first kappa shape index (κ1) is 27.7. The summed E-state index contributed by atoms with van der Waals surface area (Å²) >= 11 is 0. The van der Waals surface area contributed by atoms with E-state index in [-0.39, 0.29) is 23.9 Å². The number of benzene rings is 1. The van der Waals surface area contributed by atoms with E-state index in [2.05, 4.69) is 20.8 Å². The van der Waals surface area contributed by atoms with Crippen LogP contribution in [0.4, 0.5) is 0 Å². The molecule has 0 aliphatic carbocycles. The van der Waals surface area contributed by atoms with Crippen LogP contribution in [-0.2, 0) is 0 Å². The van der Waals surface area contributed by atoms with Crippen LogP contribution in [0.15, 0.2) is 0 Å². The highest BCUT2D eigenvalue weighted by atomic mass is 16.5. The smallest absolute Gasteiger partial charge is 0.343 e. The highest BCUT2D eigenvalue weighted by Gasteiger charge is 2.31. The molecule has 7 heteroatoms. The van der Waals surface area contributed by atoms with E-state index < -0.39 is 23.0 Å². The zero-order valence-corrected chi connectivity index (χ0v) is 20.1. The Bertz CT molecular complexity index is 673. The molecular formula is C25H42O7. The molecule has 3 N–H and O–H groups in total. The van der Waals surface area contributed by atoms with Crippen molar-refractivity contribution in [2.45, 2.75) is 97.8 Å². The SMILES string of the molecule is CCCCCCOc1c(O)c(O)c(C(=O)O)c(OCCCCCC)c1OCCCCCC. The van der Waals surface area contributed by atoms with E-state index in [1.165, 1.54) is 0 Å². The Morgan fingerprint density at radius 2 is 1.00 bits per heavy atom. The first-order valence-corrected chi connectivity index (χ1v) is 12.2. The van der Waals surface area contributed by atoms with Gasteiger partial charge >= 0.3 is 5.97 Å². The zero-order chi connectivity index (χ0) is 23.8. The maximum atomic E-state index is 11.9. The number of aromatic carboxylic acids is 1. The number of carboxylic acids is 1. The summed E-state index contributed by atoms with van der Waals surface area (Å²) in [5, 5.41) is 30.7. The van der Waals surface area contributed by atoms with E-state index in [1.54, 1.807) is 0 Å². The van der Waals surface area contributed by atoms with Crippen molar-refractivity contribution in [2.75, 3.05) is 19.8 Å². The average Bonchev–Trinajstić information content (AvgIpc) is 2.77. The van der Waals surface area contributed by atoms with E-state index in [0.717, 1.165) is 77.0 Å². The molecule has 0 bridgehead atoms. The maximum Gasteiger partial charge on any atom is 0.343 e. The number of phenolic OH excluding ortho intramolecular Hbond substituents is 1. The van der Waals surface area contributed by atoms with Gasteiger partial charge in [0, 0.05) is 0 Å². The number of hydrogen-bond donors (Lipinski definition) is 3. The van der Waals surface area contributed by atoms with Gasteiger partial charge in [0.15, 0.2) is 17.1 Å². The van der Waals surface area contributed by atoms with Crippen LogP contribution in [-0.4, -0.2) is 41.1 Å². The predicted octanol–water partition coefficient (Wildman–Crippen LogP) is 6.67. The Hall–Kier alpha value is -2.31. The summed E-state index contributed by atoms with van der Waals surface area (Å²) in [5.74, 6) is -2.86. The molecule has 0 amide bonds. The van der Waals surface area contributed by atoms with Crippen molar-refractivity contribution in [3.8, 4) is 28.7 Å². The summed E-state index contributed by atoms with van der Waals surface area (Å²) in [6.07, 6.45) is 11.7. The highest BCUT2D eigenvalue weighted by Crippen LogP contribution is 2.53. The van der Waals surface area contributed by atoms with Crippen molar-refractivity contribution in [3.63, 3.8) is 0 Å². The van der Waals surface area contributed by atoms with Gasteiger partial charge in [0.05, 0.1) is 19.8 Å². The monoisotopic (exact) mass is 454 g/mol. The molecule has 0 radical (unpaired) electrons. The van der Waals surface area contributed by atoms with Crippen molar-refractivity contribution in [1.82, 2.24) is 0 Å². The molecule has 0 saturated carbocycles. The molecule has 0 spiro atoms. The Kier molecular flexibility index (Phi) is 14.2. The lowest BCUT2D eigenvalue weighted by Gasteiger charge is -2.21. The van der Waals surface area contributed by atoms with Gasteiger partial charge in [-0.1, -0.05) is 78.6 Å². The molecular weight excluding hydrogens is 412 g/mol. The molecule has 0 saturated heterocycles. The number of rotatable bonds is 19. The van der Waals surface area contributed by atoms with Crippen molar-refractivity contribution in [3.05, 3.63) is 5.56 Å². The molecule has 32 heavy (non-hydrogen) atoms. The van der Waals surface area contributed by atoms with Crippen LogP contribution in [0.25, 0.3) is 0 Å². The minimum absolute atomic E-state index is 0.0527. The third-order valence-electron chi connectivity index (χ3n) is 5.26. The molecule has 1 rings (SSSR count). The maximum absolute atomic E-state index is 11.9. The molecule has 0 aromatic heterocycles. The van der Waals surface area contributed by atoms with Gasteiger partial charge in [-0.2, -0.15) is 0 Å². The Labute approximate surface area is 192 Å². The van der Waals surface area contributed by atoms with Gasteiger partial charge in [0.2, 0.25) is 17.2 Å². The zero-order valence-electron chi connectivity index (χ0n) is 20.1. The van der Waals surface area contributed by atoms with Gasteiger partial charge < -0.3 is 29.5 Å². The summed E-state index contributed by atoms with van der Waals surface area (Å²) in [7, 11) is 0. The number of carboxylic acid groups (broad SMARTS) is 1.